The Bertz CT molecular complexity index is 598. The van der Waals surface area contributed by atoms with Crippen molar-refractivity contribution in [1.82, 2.24) is 4.31 Å². The largest absolute Gasteiger partial charge is 0.389 e. The zero-order valence-corrected chi connectivity index (χ0v) is 11.5. The van der Waals surface area contributed by atoms with E-state index >= 15 is 0 Å². The molecule has 8 heteroatoms. The fourth-order valence-corrected chi connectivity index (χ4v) is 3.92. The minimum absolute atomic E-state index is 0.125. The maximum Gasteiger partial charge on any atom is 0.244 e. The summed E-state index contributed by atoms with van der Waals surface area (Å²) in [4.78, 5) is -0.283. The number of alkyl halides is 1. The van der Waals surface area contributed by atoms with Gasteiger partial charge in [-0.3, -0.25) is 0 Å². The number of nitrogens with zero attached hydrogens (tertiary/aromatic N) is 1. The second kappa shape index (κ2) is 4.97. The van der Waals surface area contributed by atoms with Crippen LogP contribution in [-0.2, 0) is 10.0 Å². The minimum atomic E-state index is -4.04. The van der Waals surface area contributed by atoms with Gasteiger partial charge in [-0.15, -0.1) is 0 Å². The smallest absolute Gasteiger partial charge is 0.244 e. The van der Waals surface area contributed by atoms with E-state index in [-0.39, 0.29) is 22.0 Å². The van der Waals surface area contributed by atoms with E-state index in [2.05, 4.69) is 0 Å². The van der Waals surface area contributed by atoms with Gasteiger partial charge in [0.15, 0.2) is 0 Å². The van der Waals surface area contributed by atoms with Gasteiger partial charge in [0.25, 0.3) is 0 Å². The van der Waals surface area contributed by atoms with Crippen LogP contribution in [0.2, 0.25) is 5.02 Å². The third-order valence-electron chi connectivity index (χ3n) is 3.02. The Balaban J connectivity index is 2.43. The van der Waals surface area contributed by atoms with Crippen molar-refractivity contribution in [3.05, 3.63) is 28.5 Å². The van der Waals surface area contributed by atoms with Gasteiger partial charge >= 0.3 is 0 Å². The van der Waals surface area contributed by atoms with Crippen LogP contribution in [0.15, 0.2) is 17.0 Å². The van der Waals surface area contributed by atoms with Gasteiger partial charge in [0.05, 0.1) is 5.02 Å². The maximum atomic E-state index is 13.3. The van der Waals surface area contributed by atoms with Gasteiger partial charge in [0, 0.05) is 13.1 Å². The zero-order valence-electron chi connectivity index (χ0n) is 9.98. The second-order valence-electron chi connectivity index (χ2n) is 4.44. The fraction of sp³-hybridized carbons (Fsp3) is 0.455. The summed E-state index contributed by atoms with van der Waals surface area (Å²) in [6, 6.07) is 2.01. The van der Waals surface area contributed by atoms with Gasteiger partial charge in [0.1, 0.15) is 23.0 Å². The Morgan fingerprint density at radius 3 is 2.58 bits per heavy atom. The van der Waals surface area contributed by atoms with E-state index in [1.54, 1.807) is 0 Å². The molecule has 0 unspecified atom stereocenters. The molecule has 1 heterocycles. The average molecular weight is 312 g/mol. The monoisotopic (exact) mass is 311 g/mol. The molecule has 1 aromatic rings. The summed E-state index contributed by atoms with van der Waals surface area (Å²) in [5.74, 6) is -0.617. The lowest BCUT2D eigenvalue weighted by Gasteiger charge is -2.17. The molecule has 4 nitrogen and oxygen atoms in total. The number of halogens is 3. The lowest BCUT2D eigenvalue weighted by molar-refractivity contribution is 0.117. The molecule has 0 bridgehead atoms. The highest BCUT2D eigenvalue weighted by Gasteiger charge is 2.39. The van der Waals surface area contributed by atoms with E-state index in [4.69, 9.17) is 11.6 Å². The maximum absolute atomic E-state index is 13.3. The highest BCUT2D eigenvalue weighted by molar-refractivity contribution is 7.89. The first-order valence-electron chi connectivity index (χ1n) is 5.51. The Morgan fingerprint density at radius 2 is 2.05 bits per heavy atom. The molecule has 2 rings (SSSR count). The highest BCUT2D eigenvalue weighted by atomic mass is 35.5. The van der Waals surface area contributed by atoms with Crippen molar-refractivity contribution < 1.29 is 22.3 Å². The van der Waals surface area contributed by atoms with Crippen molar-refractivity contribution in [1.29, 1.82) is 0 Å². The van der Waals surface area contributed by atoms with Crippen LogP contribution in [0.25, 0.3) is 0 Å². The highest BCUT2D eigenvalue weighted by Crippen LogP contribution is 2.29. The van der Waals surface area contributed by atoms with E-state index in [0.29, 0.717) is 0 Å². The predicted octanol–water partition coefficient (Wildman–Crippen LogP) is 1.49. The molecule has 1 aliphatic rings. The lowest BCUT2D eigenvalue weighted by atomic mass is 10.2. The number of hydrogen-bond donors (Lipinski definition) is 1. The van der Waals surface area contributed by atoms with Gasteiger partial charge in [-0.1, -0.05) is 11.6 Å². The van der Waals surface area contributed by atoms with E-state index in [1.807, 2.05) is 0 Å². The number of aliphatic hydroxyl groups excluding tert-OH is 1. The molecule has 1 fully saturated rings. The van der Waals surface area contributed by atoms with E-state index < -0.39 is 34.7 Å². The molecule has 19 heavy (non-hydrogen) atoms. The summed E-state index contributed by atoms with van der Waals surface area (Å²) >= 11 is 5.74. The minimum Gasteiger partial charge on any atom is -0.389 e. The summed E-state index contributed by atoms with van der Waals surface area (Å²) in [6.45, 7) is 0.633. The van der Waals surface area contributed by atoms with Crippen LogP contribution < -0.4 is 0 Å². The first-order valence-corrected chi connectivity index (χ1v) is 7.33. The lowest BCUT2D eigenvalue weighted by Crippen LogP contribution is -2.30. The van der Waals surface area contributed by atoms with Gasteiger partial charge in [-0.2, -0.15) is 4.31 Å². The molecular weight excluding hydrogens is 300 g/mol. The molecular formula is C11H12ClF2NO3S. The van der Waals surface area contributed by atoms with Crippen molar-refractivity contribution >= 4 is 21.6 Å². The Labute approximate surface area is 114 Å². The van der Waals surface area contributed by atoms with Crippen LogP contribution in [0.5, 0.6) is 0 Å². The number of benzene rings is 1. The van der Waals surface area contributed by atoms with E-state index in [9.17, 15) is 22.3 Å². The SMILES string of the molecule is Cc1cc(S(=O)(=O)N2C[C@@H](O)[C@H](F)C2)c(Cl)cc1F. The number of aliphatic hydroxyl groups is 1. The summed E-state index contributed by atoms with van der Waals surface area (Å²) in [7, 11) is -4.04. The molecule has 1 saturated heterocycles. The number of β-amino-alcohol motifs (C(OH)–C–C–N with tert-alkyl or cyclic N) is 1. The van der Waals surface area contributed by atoms with Gasteiger partial charge < -0.3 is 5.11 Å². The number of aryl methyl sites for hydroxylation is 1. The van der Waals surface area contributed by atoms with Gasteiger partial charge in [0.2, 0.25) is 10.0 Å². The van der Waals surface area contributed by atoms with Crippen LogP contribution in [-0.4, -0.2) is 43.2 Å². The van der Waals surface area contributed by atoms with Gasteiger partial charge in [-0.05, 0) is 24.6 Å². The van der Waals surface area contributed by atoms with Crippen molar-refractivity contribution in [3.63, 3.8) is 0 Å². The molecule has 0 amide bonds. The van der Waals surface area contributed by atoms with Crippen molar-refractivity contribution in [2.24, 2.45) is 0 Å². The van der Waals surface area contributed by atoms with Crippen molar-refractivity contribution in [3.8, 4) is 0 Å². The van der Waals surface area contributed by atoms with Crippen LogP contribution in [0.4, 0.5) is 8.78 Å². The number of hydrogen-bond acceptors (Lipinski definition) is 3. The standard InChI is InChI=1S/C11H12ClF2NO3S/c1-6-2-11(7(12)3-8(6)13)19(17,18)15-4-9(14)10(16)5-15/h2-3,9-10,16H,4-5H2,1H3/t9-,10-/m1/s1. The van der Waals surface area contributed by atoms with Crippen molar-refractivity contribution in [2.75, 3.05) is 13.1 Å². The number of rotatable bonds is 2. The zero-order chi connectivity index (χ0) is 14.4. The molecule has 1 aromatic carbocycles. The summed E-state index contributed by atoms with van der Waals surface area (Å²) in [5, 5.41) is 9.01. The summed E-state index contributed by atoms with van der Waals surface area (Å²) in [5.41, 5.74) is 0.125. The Hall–Kier alpha value is -0.760. The third-order valence-corrected chi connectivity index (χ3v) is 5.31. The molecule has 0 saturated carbocycles. The Morgan fingerprint density at radius 1 is 1.42 bits per heavy atom. The van der Waals surface area contributed by atoms with Crippen LogP contribution >= 0.6 is 11.6 Å². The third kappa shape index (κ3) is 2.60. The quantitative estimate of drug-likeness (QED) is 0.900. The average Bonchev–Trinajstić information content (AvgIpc) is 2.65. The molecule has 0 spiro atoms. The topological polar surface area (TPSA) is 57.6 Å². The summed E-state index contributed by atoms with van der Waals surface area (Å²) < 4.78 is 51.8. The van der Waals surface area contributed by atoms with E-state index in [0.717, 1.165) is 16.4 Å². The van der Waals surface area contributed by atoms with Crippen LogP contribution in [0, 0.1) is 12.7 Å². The molecule has 0 radical (unpaired) electrons. The molecule has 0 aromatic heterocycles. The molecule has 0 aliphatic carbocycles. The normalized spacial score (nSPS) is 24.9. The fourth-order valence-electron chi connectivity index (χ4n) is 1.88. The second-order valence-corrected chi connectivity index (χ2v) is 6.75. The summed E-state index contributed by atoms with van der Waals surface area (Å²) in [6.07, 6.45) is -2.98. The predicted molar refractivity (Wildman–Crippen MR) is 65.8 cm³/mol. The Kier molecular flexibility index (Phi) is 3.83. The molecule has 1 N–H and O–H groups in total. The first kappa shape index (κ1) is 14.6. The van der Waals surface area contributed by atoms with Crippen LogP contribution in [0.1, 0.15) is 5.56 Å². The first-order chi connectivity index (χ1) is 8.73. The number of sulfonamides is 1. The van der Waals surface area contributed by atoms with Crippen molar-refractivity contribution in [2.45, 2.75) is 24.1 Å². The van der Waals surface area contributed by atoms with Crippen LogP contribution in [0.3, 0.4) is 0 Å². The van der Waals surface area contributed by atoms with E-state index in [1.165, 1.54) is 6.92 Å². The molecule has 2 atom stereocenters. The van der Waals surface area contributed by atoms with Gasteiger partial charge in [-0.25, -0.2) is 17.2 Å². The molecule has 1 aliphatic heterocycles. The molecule has 106 valence electrons.